The van der Waals surface area contributed by atoms with Gasteiger partial charge in [-0.1, -0.05) is 75.5 Å². The Hall–Kier alpha value is -2.26. The van der Waals surface area contributed by atoms with Gasteiger partial charge in [-0.2, -0.15) is 0 Å². The van der Waals surface area contributed by atoms with Gasteiger partial charge in [0, 0.05) is 53.4 Å². The fraction of sp³-hybridized carbons (Fsp3) is 0.483. The molecule has 39 heavy (non-hydrogen) atoms. The van der Waals surface area contributed by atoms with Crippen molar-refractivity contribution in [1.29, 1.82) is 0 Å². The summed E-state index contributed by atoms with van der Waals surface area (Å²) in [5, 5.41) is 14.7. The number of hydrogen-bond donors (Lipinski definition) is 2. The molecule has 0 bridgehead atoms. The molecule has 10 heteroatoms. The molecule has 0 saturated carbocycles. The summed E-state index contributed by atoms with van der Waals surface area (Å²) in [4.78, 5) is 24.4. The van der Waals surface area contributed by atoms with Gasteiger partial charge in [-0.05, 0) is 54.7 Å². The summed E-state index contributed by atoms with van der Waals surface area (Å²) in [5.74, 6) is 0.990. The van der Waals surface area contributed by atoms with E-state index in [0.29, 0.717) is 23.0 Å². The summed E-state index contributed by atoms with van der Waals surface area (Å²) in [6, 6.07) is 9.51. The SMILES string of the molecule is CCCCN(CCCC)C(Cc1nc(C(C)C)c(Sc2cc(Cl)cc(Cl)c2)n1Cc1ccncc1)NC(=O)O. The number of hydrogen-bond acceptors (Lipinski definition) is 5. The van der Waals surface area contributed by atoms with Gasteiger partial charge in [-0.15, -0.1) is 0 Å². The lowest BCUT2D eigenvalue weighted by atomic mass is 10.1. The Kier molecular flexibility index (Phi) is 12.4. The number of unbranched alkanes of at least 4 members (excludes halogenated alkanes) is 2. The number of imidazole rings is 1. The Labute approximate surface area is 246 Å². The van der Waals surface area contributed by atoms with E-state index in [0.717, 1.165) is 65.8 Å². The van der Waals surface area contributed by atoms with Crippen molar-refractivity contribution in [3.8, 4) is 0 Å². The van der Waals surface area contributed by atoms with Gasteiger partial charge in [-0.25, -0.2) is 9.78 Å². The van der Waals surface area contributed by atoms with Crippen molar-refractivity contribution in [2.24, 2.45) is 0 Å². The monoisotopic (exact) mass is 591 g/mol. The Balaban J connectivity index is 2.10. The second-order valence-electron chi connectivity index (χ2n) is 9.93. The summed E-state index contributed by atoms with van der Waals surface area (Å²) in [6.45, 7) is 10.8. The number of carboxylic acid groups (broad SMARTS) is 1. The smallest absolute Gasteiger partial charge is 0.405 e. The van der Waals surface area contributed by atoms with Gasteiger partial charge in [0.05, 0.1) is 11.9 Å². The van der Waals surface area contributed by atoms with Crippen LogP contribution in [0.1, 0.15) is 76.4 Å². The molecule has 0 fully saturated rings. The van der Waals surface area contributed by atoms with Crippen molar-refractivity contribution < 1.29 is 9.90 Å². The highest BCUT2D eigenvalue weighted by atomic mass is 35.5. The normalized spacial score (nSPS) is 12.3. The summed E-state index contributed by atoms with van der Waals surface area (Å²) in [5.41, 5.74) is 2.05. The number of aromatic nitrogens is 3. The van der Waals surface area contributed by atoms with Gasteiger partial charge in [0.15, 0.2) is 0 Å². The first-order chi connectivity index (χ1) is 18.7. The summed E-state index contributed by atoms with van der Waals surface area (Å²) >= 11 is 14.2. The van der Waals surface area contributed by atoms with Crippen molar-refractivity contribution >= 4 is 41.1 Å². The number of benzene rings is 1. The van der Waals surface area contributed by atoms with Crippen LogP contribution in [0.2, 0.25) is 10.0 Å². The fourth-order valence-corrected chi connectivity index (χ4v) is 6.32. The minimum Gasteiger partial charge on any atom is -0.465 e. The summed E-state index contributed by atoms with van der Waals surface area (Å²) in [6.07, 6.45) is 6.67. The number of halogens is 2. The maximum atomic E-state index is 11.9. The molecule has 0 aliphatic rings. The van der Waals surface area contributed by atoms with E-state index < -0.39 is 12.3 Å². The van der Waals surface area contributed by atoms with Crippen molar-refractivity contribution in [3.05, 3.63) is 69.9 Å². The van der Waals surface area contributed by atoms with E-state index in [1.54, 1.807) is 30.2 Å². The first-order valence-corrected chi connectivity index (χ1v) is 15.1. The van der Waals surface area contributed by atoms with Gasteiger partial charge < -0.3 is 15.0 Å². The molecular formula is C29H39Cl2N5O2S. The highest BCUT2D eigenvalue weighted by molar-refractivity contribution is 7.99. The Morgan fingerprint density at radius 3 is 2.23 bits per heavy atom. The lowest BCUT2D eigenvalue weighted by molar-refractivity contribution is 0.136. The molecule has 1 amide bonds. The van der Waals surface area contributed by atoms with E-state index in [1.165, 1.54) is 0 Å². The average molecular weight is 593 g/mol. The van der Waals surface area contributed by atoms with Crippen molar-refractivity contribution in [3.63, 3.8) is 0 Å². The van der Waals surface area contributed by atoms with E-state index in [1.807, 2.05) is 24.3 Å². The molecule has 212 valence electrons. The molecule has 0 radical (unpaired) electrons. The second kappa shape index (κ2) is 15.5. The standard InChI is InChI=1S/C29H39Cl2N5O2S/c1-5-7-13-35(14-8-6-2)25(34-29(37)38)18-26-33-27(20(3)4)28(36(26)19-21-9-11-32-12-10-21)39-24-16-22(30)15-23(31)17-24/h9-12,15-17,20,25,34H,5-8,13-14,18-19H2,1-4H3,(H,37,38). The number of amides is 1. The molecular weight excluding hydrogens is 553 g/mol. The van der Waals surface area contributed by atoms with Crippen LogP contribution in [0.15, 0.2) is 52.6 Å². The maximum Gasteiger partial charge on any atom is 0.405 e. The van der Waals surface area contributed by atoms with E-state index >= 15 is 0 Å². The first kappa shape index (κ1) is 31.3. The molecule has 0 saturated heterocycles. The molecule has 0 spiro atoms. The summed E-state index contributed by atoms with van der Waals surface area (Å²) in [7, 11) is 0. The van der Waals surface area contributed by atoms with Crippen LogP contribution in [0.4, 0.5) is 4.79 Å². The van der Waals surface area contributed by atoms with Crippen LogP contribution >= 0.6 is 35.0 Å². The van der Waals surface area contributed by atoms with Gasteiger partial charge in [0.1, 0.15) is 10.9 Å². The van der Waals surface area contributed by atoms with Crippen LogP contribution in [0.25, 0.3) is 0 Å². The zero-order valence-electron chi connectivity index (χ0n) is 23.2. The number of rotatable bonds is 15. The molecule has 3 rings (SSSR count). The predicted molar refractivity (Wildman–Crippen MR) is 160 cm³/mol. The number of carbonyl (C=O) groups is 1. The minimum atomic E-state index is -1.03. The van der Waals surface area contributed by atoms with Crippen molar-refractivity contribution in [2.45, 2.75) is 88.3 Å². The van der Waals surface area contributed by atoms with Crippen molar-refractivity contribution in [2.75, 3.05) is 13.1 Å². The van der Waals surface area contributed by atoms with E-state index in [9.17, 15) is 9.90 Å². The third kappa shape index (κ3) is 9.41. The molecule has 1 unspecified atom stereocenters. The molecule has 7 nitrogen and oxygen atoms in total. The van der Waals surface area contributed by atoms with Crippen molar-refractivity contribution in [1.82, 2.24) is 24.8 Å². The molecule has 1 atom stereocenters. The number of pyridine rings is 1. The average Bonchev–Trinajstić information content (AvgIpc) is 3.20. The van der Waals surface area contributed by atoms with E-state index in [2.05, 4.69) is 47.5 Å². The number of nitrogens with zero attached hydrogens (tertiary/aromatic N) is 4. The fourth-order valence-electron chi connectivity index (χ4n) is 4.41. The van der Waals surface area contributed by atoms with E-state index in [-0.39, 0.29) is 5.92 Å². The minimum absolute atomic E-state index is 0.154. The third-order valence-electron chi connectivity index (χ3n) is 6.42. The molecule has 3 aromatic rings. The van der Waals surface area contributed by atoms with Gasteiger partial charge in [-0.3, -0.25) is 9.88 Å². The van der Waals surface area contributed by atoms with Crippen LogP contribution in [0.3, 0.4) is 0 Å². The topological polar surface area (TPSA) is 83.3 Å². The zero-order valence-corrected chi connectivity index (χ0v) is 25.5. The lowest BCUT2D eigenvalue weighted by Gasteiger charge is -2.31. The largest absolute Gasteiger partial charge is 0.465 e. The van der Waals surface area contributed by atoms with Crippen LogP contribution in [0.5, 0.6) is 0 Å². The summed E-state index contributed by atoms with van der Waals surface area (Å²) < 4.78 is 2.21. The Bertz CT molecular complexity index is 1180. The zero-order chi connectivity index (χ0) is 28.4. The second-order valence-corrected chi connectivity index (χ2v) is 11.9. The molecule has 2 aromatic heterocycles. The number of nitrogens with one attached hydrogen (secondary N) is 1. The highest BCUT2D eigenvalue weighted by Gasteiger charge is 2.27. The lowest BCUT2D eigenvalue weighted by Crippen LogP contribution is -2.50. The molecule has 2 heterocycles. The molecule has 2 N–H and O–H groups in total. The Morgan fingerprint density at radius 1 is 1.08 bits per heavy atom. The molecule has 0 aliphatic carbocycles. The van der Waals surface area contributed by atoms with Gasteiger partial charge in [0.2, 0.25) is 0 Å². The quantitative estimate of drug-likeness (QED) is 0.174. The maximum absolute atomic E-state index is 11.9. The Morgan fingerprint density at radius 2 is 1.69 bits per heavy atom. The van der Waals surface area contributed by atoms with Crippen LogP contribution in [-0.4, -0.2) is 49.9 Å². The van der Waals surface area contributed by atoms with Gasteiger partial charge >= 0.3 is 6.09 Å². The predicted octanol–water partition coefficient (Wildman–Crippen LogP) is 7.95. The van der Waals surface area contributed by atoms with Crippen LogP contribution in [-0.2, 0) is 13.0 Å². The molecule has 1 aromatic carbocycles. The highest BCUT2D eigenvalue weighted by Crippen LogP contribution is 2.38. The first-order valence-electron chi connectivity index (χ1n) is 13.6. The van der Waals surface area contributed by atoms with Gasteiger partial charge in [0.25, 0.3) is 0 Å². The van der Waals surface area contributed by atoms with Crippen LogP contribution in [0, 0.1) is 0 Å². The molecule has 0 aliphatic heterocycles. The van der Waals surface area contributed by atoms with Crippen LogP contribution < -0.4 is 5.32 Å². The van der Waals surface area contributed by atoms with E-state index in [4.69, 9.17) is 28.2 Å². The third-order valence-corrected chi connectivity index (χ3v) is 7.95.